The Bertz CT molecular complexity index is 1360. The maximum atomic E-state index is 14.1. The predicted octanol–water partition coefficient (Wildman–Crippen LogP) is 3.18. The van der Waals surface area contributed by atoms with E-state index in [1.54, 1.807) is 30.2 Å². The van der Waals surface area contributed by atoms with Crippen molar-refractivity contribution in [2.24, 2.45) is 13.0 Å². The lowest BCUT2D eigenvalue weighted by molar-refractivity contribution is -0.135. The van der Waals surface area contributed by atoms with Crippen LogP contribution in [0.25, 0.3) is 0 Å². The molecule has 1 aromatic heterocycles. The average molecular weight is 540 g/mol. The molecule has 1 saturated carbocycles. The summed E-state index contributed by atoms with van der Waals surface area (Å²) < 4.78 is 44.4. The van der Waals surface area contributed by atoms with Gasteiger partial charge >= 0.3 is 6.03 Å². The number of fused-ring (bicyclic) bond motifs is 1. The highest BCUT2D eigenvalue weighted by molar-refractivity contribution is 8.18. The second kappa shape index (κ2) is 8.61. The summed E-state index contributed by atoms with van der Waals surface area (Å²) in [7, 11) is -2.14. The van der Waals surface area contributed by atoms with Crippen molar-refractivity contribution in [2.45, 2.75) is 43.8 Å². The summed E-state index contributed by atoms with van der Waals surface area (Å²) in [5, 5.41) is 3.26. The number of aryl methyl sites for hydroxylation is 1. The number of imide groups is 1. The lowest BCUT2D eigenvalue weighted by Gasteiger charge is -2.41. The monoisotopic (exact) mass is 539 g/mol. The van der Waals surface area contributed by atoms with Crippen LogP contribution in [-0.4, -0.2) is 50.8 Å². The van der Waals surface area contributed by atoms with Crippen molar-refractivity contribution >= 4 is 45.3 Å². The van der Waals surface area contributed by atoms with E-state index in [2.05, 4.69) is 9.82 Å². The van der Waals surface area contributed by atoms with E-state index in [0.29, 0.717) is 11.1 Å². The molecule has 1 aliphatic carbocycles. The van der Waals surface area contributed by atoms with Crippen LogP contribution in [0.15, 0.2) is 40.9 Å². The minimum Gasteiger partial charge on any atom is -0.306 e. The van der Waals surface area contributed by atoms with E-state index in [-0.39, 0.29) is 22.3 Å². The molecule has 35 heavy (non-hydrogen) atoms. The third-order valence-corrected chi connectivity index (χ3v) is 10.1. The highest BCUT2D eigenvalue weighted by atomic mass is 35.5. The molecule has 0 radical (unpaired) electrons. The molecule has 1 N–H and O–H groups in total. The van der Waals surface area contributed by atoms with E-state index >= 15 is 0 Å². The van der Waals surface area contributed by atoms with Crippen molar-refractivity contribution in [3.8, 4) is 0 Å². The SMILES string of the molecule is Cn1cc(CN2C(=O)C3C=C(S(=O)(=O)NC4(C)CC4)SC3N(Cc3ccc(Cl)c(F)c3)C2=O)cn1. The van der Waals surface area contributed by atoms with E-state index in [9.17, 15) is 22.4 Å². The number of urea groups is 1. The molecule has 2 aromatic rings. The second-order valence-corrected chi connectivity index (χ2v) is 12.8. The first-order valence-electron chi connectivity index (χ1n) is 10.9. The van der Waals surface area contributed by atoms with Gasteiger partial charge in [0.1, 0.15) is 15.4 Å². The number of carbonyl (C=O) groups is 2. The molecule has 0 spiro atoms. The number of thioether (sulfide) groups is 1. The molecule has 1 aromatic carbocycles. The van der Waals surface area contributed by atoms with E-state index in [1.807, 2.05) is 6.92 Å². The topological polar surface area (TPSA) is 105 Å². The zero-order valence-electron chi connectivity index (χ0n) is 18.9. The van der Waals surface area contributed by atoms with Crippen molar-refractivity contribution in [3.05, 3.63) is 62.9 Å². The van der Waals surface area contributed by atoms with Crippen LogP contribution in [0.4, 0.5) is 9.18 Å². The third-order valence-electron chi connectivity index (χ3n) is 6.28. The molecule has 0 bridgehead atoms. The van der Waals surface area contributed by atoms with Crippen molar-refractivity contribution < 1.29 is 22.4 Å². The number of carbonyl (C=O) groups excluding carboxylic acids is 2. The van der Waals surface area contributed by atoms with Crippen LogP contribution in [0.3, 0.4) is 0 Å². The average Bonchev–Trinajstić information content (AvgIpc) is 3.16. The van der Waals surface area contributed by atoms with Crippen LogP contribution in [-0.2, 0) is 35.0 Å². The Hall–Kier alpha value is -2.41. The normalized spacial score (nSPS) is 23.5. The zero-order valence-corrected chi connectivity index (χ0v) is 21.3. The molecule has 2 aliphatic heterocycles. The maximum Gasteiger partial charge on any atom is 0.328 e. The lowest BCUT2D eigenvalue weighted by Crippen LogP contribution is -2.58. The highest BCUT2D eigenvalue weighted by Crippen LogP contribution is 2.46. The number of hydrogen-bond donors (Lipinski definition) is 1. The standard InChI is InChI=1S/C22H23ClFN5O4S2/c1-22(5-6-22)26-35(32,33)18-8-15-19(30)28(12-14-9-25-27(2)10-14)21(31)29(20(15)34-18)11-13-3-4-16(23)17(24)7-13/h3-4,7-10,15,20,26H,5-6,11-12H2,1-2H3. The Labute approximate surface area is 211 Å². The number of halogens is 2. The Morgan fingerprint density at radius 3 is 2.63 bits per heavy atom. The van der Waals surface area contributed by atoms with Gasteiger partial charge in [-0.1, -0.05) is 29.4 Å². The Morgan fingerprint density at radius 2 is 2.00 bits per heavy atom. The predicted molar refractivity (Wildman–Crippen MR) is 129 cm³/mol. The van der Waals surface area contributed by atoms with Gasteiger partial charge in [-0.2, -0.15) is 5.10 Å². The van der Waals surface area contributed by atoms with Crippen LogP contribution in [0.5, 0.6) is 0 Å². The molecule has 3 heterocycles. The van der Waals surface area contributed by atoms with Gasteiger partial charge in [0.15, 0.2) is 0 Å². The first kappa shape index (κ1) is 24.3. The molecule has 13 heteroatoms. The number of amides is 3. The number of sulfonamides is 1. The zero-order chi connectivity index (χ0) is 25.1. The van der Waals surface area contributed by atoms with Gasteiger partial charge in [-0.25, -0.2) is 22.3 Å². The van der Waals surface area contributed by atoms with Gasteiger partial charge in [0.2, 0.25) is 15.9 Å². The minimum atomic E-state index is -3.86. The van der Waals surface area contributed by atoms with Gasteiger partial charge in [0.05, 0.1) is 23.7 Å². The molecular weight excluding hydrogens is 517 g/mol. The fraction of sp³-hybridized carbons (Fsp3) is 0.409. The molecule has 186 valence electrons. The molecule has 2 fully saturated rings. The number of hydrogen-bond acceptors (Lipinski definition) is 6. The third kappa shape index (κ3) is 4.72. The van der Waals surface area contributed by atoms with Crippen molar-refractivity contribution in [1.29, 1.82) is 0 Å². The molecule has 5 rings (SSSR count). The number of aromatic nitrogens is 2. The quantitative estimate of drug-likeness (QED) is 0.579. The molecule has 3 aliphatic rings. The first-order valence-corrected chi connectivity index (χ1v) is 13.7. The van der Waals surface area contributed by atoms with Crippen LogP contribution < -0.4 is 4.72 Å². The van der Waals surface area contributed by atoms with Crippen LogP contribution in [0.2, 0.25) is 5.02 Å². The van der Waals surface area contributed by atoms with Crippen molar-refractivity contribution in [1.82, 2.24) is 24.3 Å². The Kier molecular flexibility index (Phi) is 5.98. The van der Waals surface area contributed by atoms with Crippen LogP contribution >= 0.6 is 23.4 Å². The van der Waals surface area contributed by atoms with Gasteiger partial charge in [-0.3, -0.25) is 14.4 Å². The fourth-order valence-electron chi connectivity index (χ4n) is 4.14. The molecule has 1 saturated heterocycles. The smallest absolute Gasteiger partial charge is 0.306 e. The van der Waals surface area contributed by atoms with Gasteiger partial charge in [0.25, 0.3) is 0 Å². The van der Waals surface area contributed by atoms with E-state index in [1.165, 1.54) is 23.1 Å². The van der Waals surface area contributed by atoms with Gasteiger partial charge in [0, 0.05) is 30.9 Å². The van der Waals surface area contributed by atoms with Crippen LogP contribution in [0, 0.1) is 11.7 Å². The summed E-state index contributed by atoms with van der Waals surface area (Å²) in [6.07, 6.45) is 6.15. The summed E-state index contributed by atoms with van der Waals surface area (Å²) in [5.41, 5.74) is 0.631. The summed E-state index contributed by atoms with van der Waals surface area (Å²) in [6, 6.07) is 3.63. The summed E-state index contributed by atoms with van der Waals surface area (Å²) in [4.78, 5) is 29.4. The van der Waals surface area contributed by atoms with E-state index < -0.39 is 44.6 Å². The molecule has 2 unspecified atom stereocenters. The Balaban J connectivity index is 1.48. The lowest BCUT2D eigenvalue weighted by atomic mass is 10.0. The maximum absolute atomic E-state index is 14.1. The Morgan fingerprint density at radius 1 is 1.26 bits per heavy atom. The fourth-order valence-corrected chi connectivity index (χ4v) is 7.56. The first-order chi connectivity index (χ1) is 16.5. The number of benzene rings is 1. The minimum absolute atomic E-state index is 0.0114. The number of nitrogens with zero attached hydrogens (tertiary/aromatic N) is 4. The largest absolute Gasteiger partial charge is 0.328 e. The molecule has 9 nitrogen and oxygen atoms in total. The van der Waals surface area contributed by atoms with E-state index in [0.717, 1.165) is 29.5 Å². The highest BCUT2D eigenvalue weighted by Gasteiger charge is 2.52. The van der Waals surface area contributed by atoms with E-state index in [4.69, 9.17) is 11.6 Å². The molecule has 3 amide bonds. The van der Waals surface area contributed by atoms with Crippen LogP contribution in [0.1, 0.15) is 30.9 Å². The molecular formula is C22H23ClFN5O4S2. The summed E-state index contributed by atoms with van der Waals surface area (Å²) in [6.45, 7) is 1.78. The number of nitrogens with one attached hydrogen (secondary N) is 1. The van der Waals surface area contributed by atoms with Crippen molar-refractivity contribution in [2.75, 3.05) is 0 Å². The summed E-state index contributed by atoms with van der Waals surface area (Å²) in [5.74, 6) is -1.99. The number of rotatable bonds is 7. The van der Waals surface area contributed by atoms with Gasteiger partial charge in [-0.05, 0) is 43.5 Å². The second-order valence-electron chi connectivity index (χ2n) is 9.29. The summed E-state index contributed by atoms with van der Waals surface area (Å²) >= 11 is 6.76. The molecule has 2 atom stereocenters. The van der Waals surface area contributed by atoms with Gasteiger partial charge in [-0.15, -0.1) is 0 Å². The van der Waals surface area contributed by atoms with Crippen molar-refractivity contribution in [3.63, 3.8) is 0 Å². The van der Waals surface area contributed by atoms with Gasteiger partial charge < -0.3 is 4.90 Å².